The Balaban J connectivity index is 1.61. The summed E-state index contributed by atoms with van der Waals surface area (Å²) in [6, 6.07) is 11.6. The molecule has 3 rings (SSSR count). The van der Waals surface area contributed by atoms with E-state index in [1.54, 1.807) is 48.1 Å². The summed E-state index contributed by atoms with van der Waals surface area (Å²) < 4.78 is 7.25. The van der Waals surface area contributed by atoms with Crippen LogP contribution in [0.25, 0.3) is 5.88 Å². The van der Waals surface area contributed by atoms with Gasteiger partial charge in [-0.3, -0.25) is 19.5 Å². The van der Waals surface area contributed by atoms with Crippen LogP contribution in [0.15, 0.2) is 53.2 Å². The van der Waals surface area contributed by atoms with E-state index in [4.69, 9.17) is 4.42 Å². The summed E-state index contributed by atoms with van der Waals surface area (Å²) in [5.74, 6) is 0.266. The molecule has 0 spiro atoms. The number of nitro benzene ring substituents is 1. The first-order valence-corrected chi connectivity index (χ1v) is 8.44. The van der Waals surface area contributed by atoms with E-state index in [1.807, 2.05) is 6.07 Å². The minimum atomic E-state index is -0.466. The summed E-state index contributed by atoms with van der Waals surface area (Å²) in [7, 11) is 0. The number of nitriles is 1. The van der Waals surface area contributed by atoms with Gasteiger partial charge in [-0.2, -0.15) is 5.26 Å². The predicted molar refractivity (Wildman–Crippen MR) is 101 cm³/mol. The zero-order chi connectivity index (χ0) is 20.1. The molecule has 0 saturated heterocycles. The first-order valence-electron chi connectivity index (χ1n) is 8.44. The predicted octanol–water partition coefficient (Wildman–Crippen LogP) is 3.00. The molecule has 0 aliphatic heterocycles. The van der Waals surface area contributed by atoms with Crippen molar-refractivity contribution in [3.05, 3.63) is 75.8 Å². The number of nitrogens with zero attached hydrogens (tertiary/aromatic N) is 3. The van der Waals surface area contributed by atoms with E-state index in [0.29, 0.717) is 30.4 Å². The van der Waals surface area contributed by atoms with Crippen molar-refractivity contribution in [1.82, 2.24) is 9.88 Å². The van der Waals surface area contributed by atoms with Crippen LogP contribution >= 0.6 is 0 Å². The number of rotatable bonds is 7. The molecule has 28 heavy (non-hydrogen) atoms. The smallest absolute Gasteiger partial charge is 0.269 e. The van der Waals surface area contributed by atoms with Crippen LogP contribution in [0.2, 0.25) is 0 Å². The highest BCUT2D eigenvalue weighted by Gasteiger charge is 2.24. The minimum Gasteiger partial charge on any atom is -0.443 e. The molecule has 3 aromatic rings. The van der Waals surface area contributed by atoms with Crippen LogP contribution < -0.4 is 10.6 Å². The summed E-state index contributed by atoms with van der Waals surface area (Å²) in [5.41, 5.74) is 1.10. The van der Waals surface area contributed by atoms with Crippen molar-refractivity contribution in [3.8, 4) is 12.0 Å². The van der Waals surface area contributed by atoms with Gasteiger partial charge in [0.2, 0.25) is 5.88 Å². The molecule has 1 aromatic carbocycles. The molecule has 0 aliphatic rings. The van der Waals surface area contributed by atoms with Gasteiger partial charge in [-0.1, -0.05) is 0 Å². The number of carbonyl (C=O) groups excluding carboxylic acids is 1. The number of aryl methyl sites for hydroxylation is 1. The number of hydrogen-bond donors (Lipinski definition) is 2. The topological polar surface area (TPSA) is 126 Å². The lowest BCUT2D eigenvalue weighted by Gasteiger charge is -2.08. The highest BCUT2D eigenvalue weighted by molar-refractivity contribution is 5.98. The number of anilines is 1. The Kier molecular flexibility index (Phi) is 5.41. The van der Waals surface area contributed by atoms with Crippen molar-refractivity contribution < 1.29 is 14.1 Å². The van der Waals surface area contributed by atoms with E-state index in [1.165, 1.54) is 12.1 Å². The van der Waals surface area contributed by atoms with Gasteiger partial charge in [0.1, 0.15) is 23.0 Å². The van der Waals surface area contributed by atoms with E-state index in [-0.39, 0.29) is 16.8 Å². The van der Waals surface area contributed by atoms with Gasteiger partial charge in [-0.15, -0.1) is 0 Å². The zero-order valence-electron chi connectivity index (χ0n) is 15.0. The largest absolute Gasteiger partial charge is 0.443 e. The molecule has 1 amide bonds. The van der Waals surface area contributed by atoms with Crippen LogP contribution in [-0.2, 0) is 0 Å². The number of amides is 1. The quantitative estimate of drug-likeness (QED) is 0.369. The molecule has 0 aliphatic carbocycles. The summed E-state index contributed by atoms with van der Waals surface area (Å²) in [4.78, 5) is 22.7. The molecular formula is C19H17N5O4. The maximum atomic E-state index is 12.5. The van der Waals surface area contributed by atoms with E-state index in [9.17, 15) is 20.2 Å². The lowest BCUT2D eigenvalue weighted by molar-refractivity contribution is -0.384. The van der Waals surface area contributed by atoms with Crippen molar-refractivity contribution in [1.29, 1.82) is 5.26 Å². The van der Waals surface area contributed by atoms with Gasteiger partial charge in [0.15, 0.2) is 0 Å². The lowest BCUT2D eigenvalue weighted by Crippen LogP contribution is -2.29. The van der Waals surface area contributed by atoms with Gasteiger partial charge >= 0.3 is 0 Å². The molecule has 0 bridgehead atoms. The van der Waals surface area contributed by atoms with Gasteiger partial charge in [-0.05, 0) is 31.2 Å². The molecular weight excluding hydrogens is 362 g/mol. The van der Waals surface area contributed by atoms with Crippen molar-refractivity contribution in [2.75, 3.05) is 18.4 Å². The Labute approximate surface area is 160 Å². The third-order valence-corrected chi connectivity index (χ3v) is 4.06. The van der Waals surface area contributed by atoms with E-state index < -0.39 is 10.8 Å². The SMILES string of the molecule is Cc1oc(-n2cccc2)c(C#N)c1C(=O)NCCNc1ccc([N+](=O)[O-])cc1. The monoisotopic (exact) mass is 379 g/mol. The molecule has 142 valence electrons. The van der Waals surface area contributed by atoms with E-state index in [2.05, 4.69) is 10.6 Å². The Morgan fingerprint density at radius 2 is 1.93 bits per heavy atom. The molecule has 2 N–H and O–H groups in total. The van der Waals surface area contributed by atoms with Crippen molar-refractivity contribution in [2.45, 2.75) is 6.92 Å². The van der Waals surface area contributed by atoms with Gasteiger partial charge in [0, 0.05) is 43.3 Å². The fourth-order valence-electron chi connectivity index (χ4n) is 2.73. The van der Waals surface area contributed by atoms with Crippen LogP contribution in [-0.4, -0.2) is 28.5 Å². The molecule has 0 saturated carbocycles. The number of carbonyl (C=O) groups is 1. The molecule has 0 fully saturated rings. The molecule has 9 heteroatoms. The molecule has 0 radical (unpaired) electrons. The van der Waals surface area contributed by atoms with Gasteiger partial charge in [0.05, 0.1) is 4.92 Å². The number of non-ortho nitro benzene ring substituents is 1. The molecule has 0 atom stereocenters. The first-order chi connectivity index (χ1) is 13.5. The first kappa shape index (κ1) is 18.7. The van der Waals surface area contributed by atoms with Crippen LogP contribution in [0.1, 0.15) is 21.7 Å². The minimum absolute atomic E-state index is 0.0109. The van der Waals surface area contributed by atoms with E-state index >= 15 is 0 Å². The number of nitrogens with one attached hydrogen (secondary N) is 2. The zero-order valence-corrected chi connectivity index (χ0v) is 15.0. The number of benzene rings is 1. The number of furan rings is 1. The fourth-order valence-corrected chi connectivity index (χ4v) is 2.73. The second kappa shape index (κ2) is 8.09. The standard InChI is InChI=1S/C19H17N5O4/c1-13-17(16(12-20)19(28-13)23-10-2-3-11-23)18(25)22-9-8-21-14-4-6-15(7-5-14)24(26)27/h2-7,10-11,21H,8-9H2,1H3,(H,22,25). The summed E-state index contributed by atoms with van der Waals surface area (Å²) in [6.07, 6.45) is 3.46. The third kappa shape index (κ3) is 3.86. The molecule has 2 aromatic heterocycles. The lowest BCUT2D eigenvalue weighted by atomic mass is 10.1. The highest BCUT2D eigenvalue weighted by atomic mass is 16.6. The van der Waals surface area contributed by atoms with Crippen LogP contribution in [0.3, 0.4) is 0 Å². The number of aromatic nitrogens is 1. The summed E-state index contributed by atoms with van der Waals surface area (Å²) in [6.45, 7) is 2.34. The normalized spacial score (nSPS) is 10.3. The molecule has 0 unspecified atom stereocenters. The van der Waals surface area contributed by atoms with Crippen LogP contribution in [0.5, 0.6) is 0 Å². The van der Waals surface area contributed by atoms with Crippen molar-refractivity contribution in [3.63, 3.8) is 0 Å². The van der Waals surface area contributed by atoms with Crippen molar-refractivity contribution >= 4 is 17.3 Å². The maximum Gasteiger partial charge on any atom is 0.269 e. The summed E-state index contributed by atoms with van der Waals surface area (Å²) in [5, 5.41) is 25.9. The summed E-state index contributed by atoms with van der Waals surface area (Å²) >= 11 is 0. The number of nitro groups is 1. The second-order valence-corrected chi connectivity index (χ2v) is 5.90. The number of hydrogen-bond acceptors (Lipinski definition) is 6. The Bertz CT molecular complexity index is 1030. The average Bonchev–Trinajstić information content (AvgIpc) is 3.32. The van der Waals surface area contributed by atoms with Crippen LogP contribution in [0, 0.1) is 28.4 Å². The Hall–Kier alpha value is -4.06. The Morgan fingerprint density at radius 1 is 1.25 bits per heavy atom. The van der Waals surface area contributed by atoms with Gasteiger partial charge in [0.25, 0.3) is 11.6 Å². The van der Waals surface area contributed by atoms with E-state index in [0.717, 1.165) is 0 Å². The molecule has 2 heterocycles. The van der Waals surface area contributed by atoms with Gasteiger partial charge in [-0.25, -0.2) is 0 Å². The Morgan fingerprint density at radius 3 is 2.54 bits per heavy atom. The second-order valence-electron chi connectivity index (χ2n) is 5.90. The van der Waals surface area contributed by atoms with Gasteiger partial charge < -0.3 is 15.1 Å². The average molecular weight is 379 g/mol. The molecule has 9 nitrogen and oxygen atoms in total. The fraction of sp³-hybridized carbons (Fsp3) is 0.158. The van der Waals surface area contributed by atoms with Crippen molar-refractivity contribution in [2.24, 2.45) is 0 Å². The highest BCUT2D eigenvalue weighted by Crippen LogP contribution is 2.25. The van der Waals surface area contributed by atoms with Crippen LogP contribution in [0.4, 0.5) is 11.4 Å². The maximum absolute atomic E-state index is 12.5. The third-order valence-electron chi connectivity index (χ3n) is 4.06.